The van der Waals surface area contributed by atoms with E-state index in [-0.39, 0.29) is 11.9 Å². The molecule has 0 saturated carbocycles. The van der Waals surface area contributed by atoms with Gasteiger partial charge in [0.25, 0.3) is 5.91 Å². The molecule has 18 heavy (non-hydrogen) atoms. The molecule has 1 rings (SSSR count). The first-order valence-electron chi connectivity index (χ1n) is 6.29. The molecule has 0 bridgehead atoms. The average Bonchev–Trinajstić information content (AvgIpc) is 2.33. The molecule has 1 atom stereocenters. The van der Waals surface area contributed by atoms with Crippen molar-refractivity contribution in [2.24, 2.45) is 0 Å². The van der Waals surface area contributed by atoms with E-state index in [1.54, 1.807) is 12.1 Å². The summed E-state index contributed by atoms with van der Waals surface area (Å²) in [6, 6.07) is 5.58. The maximum absolute atomic E-state index is 12.0. The molecule has 0 heterocycles. The van der Waals surface area contributed by atoms with Crippen LogP contribution in [0, 0.1) is 6.92 Å². The number of thioether (sulfide) groups is 1. The lowest BCUT2D eigenvalue weighted by Crippen LogP contribution is -2.33. The highest BCUT2D eigenvalue weighted by Gasteiger charge is 2.10. The molecule has 0 fully saturated rings. The van der Waals surface area contributed by atoms with Crippen molar-refractivity contribution in [3.05, 3.63) is 29.3 Å². The minimum absolute atomic E-state index is 0.0212. The summed E-state index contributed by atoms with van der Waals surface area (Å²) in [6.45, 7) is 6.09. The summed E-state index contributed by atoms with van der Waals surface area (Å²) in [4.78, 5) is 12.0. The molecular weight excluding hydrogens is 244 g/mol. The van der Waals surface area contributed by atoms with Crippen LogP contribution in [0.5, 0.6) is 0 Å². The van der Waals surface area contributed by atoms with Crippen molar-refractivity contribution in [1.82, 2.24) is 5.32 Å². The fourth-order valence-corrected chi connectivity index (χ4v) is 2.41. The molecule has 3 nitrogen and oxygen atoms in total. The quantitative estimate of drug-likeness (QED) is 0.615. The third kappa shape index (κ3) is 4.61. The molecular formula is C14H22N2OS. The van der Waals surface area contributed by atoms with Gasteiger partial charge in [0.1, 0.15) is 0 Å². The molecule has 0 spiro atoms. The summed E-state index contributed by atoms with van der Waals surface area (Å²) in [5.74, 6) is 2.18. The molecule has 100 valence electrons. The Kier molecular flexibility index (Phi) is 6.05. The Labute approximate surface area is 114 Å². The SMILES string of the molecule is CCSCCC(C)NC(=O)c1ccc(N)c(C)c1. The van der Waals surface area contributed by atoms with E-state index >= 15 is 0 Å². The molecule has 3 N–H and O–H groups in total. The lowest BCUT2D eigenvalue weighted by Gasteiger charge is -2.14. The summed E-state index contributed by atoms with van der Waals surface area (Å²) in [6.07, 6.45) is 0.998. The third-order valence-corrected chi connectivity index (χ3v) is 3.74. The van der Waals surface area contributed by atoms with E-state index < -0.39 is 0 Å². The molecule has 1 amide bonds. The molecule has 1 unspecified atom stereocenters. The zero-order valence-electron chi connectivity index (χ0n) is 11.3. The highest BCUT2D eigenvalue weighted by molar-refractivity contribution is 7.99. The van der Waals surface area contributed by atoms with Crippen molar-refractivity contribution in [3.8, 4) is 0 Å². The van der Waals surface area contributed by atoms with E-state index in [9.17, 15) is 4.79 Å². The third-order valence-electron chi connectivity index (χ3n) is 2.81. The van der Waals surface area contributed by atoms with Gasteiger partial charge >= 0.3 is 0 Å². The number of hydrogen-bond donors (Lipinski definition) is 2. The van der Waals surface area contributed by atoms with Crippen LogP contribution in [-0.4, -0.2) is 23.5 Å². The minimum Gasteiger partial charge on any atom is -0.399 e. The fraction of sp³-hybridized carbons (Fsp3) is 0.500. The number of amides is 1. The van der Waals surface area contributed by atoms with E-state index in [0.717, 1.165) is 29.2 Å². The predicted octanol–water partition coefficient (Wildman–Crippen LogP) is 2.84. The Morgan fingerprint density at radius 2 is 2.22 bits per heavy atom. The summed E-state index contributed by atoms with van der Waals surface area (Å²) in [7, 11) is 0. The highest BCUT2D eigenvalue weighted by Crippen LogP contribution is 2.13. The van der Waals surface area contributed by atoms with Crippen molar-refractivity contribution in [2.45, 2.75) is 33.2 Å². The van der Waals surface area contributed by atoms with Crippen molar-refractivity contribution < 1.29 is 4.79 Å². The van der Waals surface area contributed by atoms with Crippen LogP contribution >= 0.6 is 11.8 Å². The molecule has 0 aromatic heterocycles. The number of nitrogen functional groups attached to an aromatic ring is 1. The Bertz CT molecular complexity index is 407. The van der Waals surface area contributed by atoms with Gasteiger partial charge in [-0.1, -0.05) is 6.92 Å². The Morgan fingerprint density at radius 3 is 2.83 bits per heavy atom. The lowest BCUT2D eigenvalue weighted by atomic mass is 10.1. The Morgan fingerprint density at radius 1 is 1.50 bits per heavy atom. The second-order valence-electron chi connectivity index (χ2n) is 4.43. The van der Waals surface area contributed by atoms with Gasteiger partial charge in [-0.3, -0.25) is 4.79 Å². The van der Waals surface area contributed by atoms with Gasteiger partial charge in [0, 0.05) is 17.3 Å². The van der Waals surface area contributed by atoms with Crippen molar-refractivity contribution in [1.29, 1.82) is 0 Å². The second kappa shape index (κ2) is 7.31. The number of anilines is 1. The maximum atomic E-state index is 12.0. The van der Waals surface area contributed by atoms with Gasteiger partial charge in [-0.2, -0.15) is 11.8 Å². The Hall–Kier alpha value is -1.16. The van der Waals surface area contributed by atoms with Crippen LogP contribution in [0.4, 0.5) is 5.69 Å². The monoisotopic (exact) mass is 266 g/mol. The number of carbonyl (C=O) groups excluding carboxylic acids is 1. The van der Waals surface area contributed by atoms with Crippen molar-refractivity contribution >= 4 is 23.4 Å². The minimum atomic E-state index is -0.0212. The van der Waals surface area contributed by atoms with Gasteiger partial charge in [-0.25, -0.2) is 0 Å². The van der Waals surface area contributed by atoms with Gasteiger partial charge < -0.3 is 11.1 Å². The van der Waals surface area contributed by atoms with Crippen LogP contribution < -0.4 is 11.1 Å². The normalized spacial score (nSPS) is 12.2. The van der Waals surface area contributed by atoms with Gasteiger partial charge in [0.15, 0.2) is 0 Å². The topological polar surface area (TPSA) is 55.1 Å². The summed E-state index contributed by atoms with van der Waals surface area (Å²) in [5, 5.41) is 3.01. The van der Waals surface area contributed by atoms with Crippen LogP contribution in [0.25, 0.3) is 0 Å². The molecule has 0 aliphatic rings. The summed E-state index contributed by atoms with van der Waals surface area (Å²) >= 11 is 1.90. The predicted molar refractivity (Wildman–Crippen MR) is 80.1 cm³/mol. The number of benzene rings is 1. The van der Waals surface area contributed by atoms with Crippen LogP contribution in [0.3, 0.4) is 0 Å². The molecule has 0 aliphatic carbocycles. The summed E-state index contributed by atoms with van der Waals surface area (Å²) < 4.78 is 0. The molecule has 0 aliphatic heterocycles. The maximum Gasteiger partial charge on any atom is 0.251 e. The fourth-order valence-electron chi connectivity index (χ4n) is 1.60. The first kappa shape index (κ1) is 14.9. The van der Waals surface area contributed by atoms with Crippen LogP contribution in [0.15, 0.2) is 18.2 Å². The summed E-state index contributed by atoms with van der Waals surface area (Å²) in [5.41, 5.74) is 8.08. The molecule has 0 saturated heterocycles. The second-order valence-corrected chi connectivity index (χ2v) is 5.83. The first-order chi connectivity index (χ1) is 8.54. The number of hydrogen-bond acceptors (Lipinski definition) is 3. The standard InChI is InChI=1S/C14H22N2OS/c1-4-18-8-7-11(3)16-14(17)12-5-6-13(15)10(2)9-12/h5-6,9,11H,4,7-8,15H2,1-3H3,(H,16,17). The lowest BCUT2D eigenvalue weighted by molar-refractivity contribution is 0.0939. The van der Waals surface area contributed by atoms with Crippen LogP contribution in [-0.2, 0) is 0 Å². The van der Waals surface area contributed by atoms with Crippen molar-refractivity contribution in [2.75, 3.05) is 17.2 Å². The zero-order valence-corrected chi connectivity index (χ0v) is 12.1. The van der Waals surface area contributed by atoms with E-state index in [1.165, 1.54) is 0 Å². The van der Waals surface area contributed by atoms with E-state index in [0.29, 0.717) is 5.56 Å². The zero-order chi connectivity index (χ0) is 13.5. The van der Waals surface area contributed by atoms with E-state index in [1.807, 2.05) is 31.7 Å². The number of rotatable bonds is 6. The van der Waals surface area contributed by atoms with E-state index in [2.05, 4.69) is 12.2 Å². The van der Waals surface area contributed by atoms with Crippen LogP contribution in [0.2, 0.25) is 0 Å². The average molecular weight is 266 g/mol. The van der Waals surface area contributed by atoms with Crippen molar-refractivity contribution in [3.63, 3.8) is 0 Å². The largest absolute Gasteiger partial charge is 0.399 e. The molecule has 4 heteroatoms. The number of nitrogens with two attached hydrogens (primary N) is 1. The first-order valence-corrected chi connectivity index (χ1v) is 7.44. The van der Waals surface area contributed by atoms with Gasteiger partial charge in [0.05, 0.1) is 0 Å². The number of aryl methyl sites for hydroxylation is 1. The van der Waals surface area contributed by atoms with E-state index in [4.69, 9.17) is 5.73 Å². The highest BCUT2D eigenvalue weighted by atomic mass is 32.2. The van der Waals surface area contributed by atoms with Gasteiger partial charge in [-0.05, 0) is 55.5 Å². The molecule has 1 aromatic rings. The van der Waals surface area contributed by atoms with Crippen LogP contribution in [0.1, 0.15) is 36.2 Å². The van der Waals surface area contributed by atoms with Gasteiger partial charge in [-0.15, -0.1) is 0 Å². The molecule has 1 aromatic carbocycles. The Balaban J connectivity index is 2.51. The smallest absolute Gasteiger partial charge is 0.251 e. The number of nitrogens with one attached hydrogen (secondary N) is 1. The number of carbonyl (C=O) groups is 1. The molecule has 0 radical (unpaired) electrons. The van der Waals surface area contributed by atoms with Gasteiger partial charge in [0.2, 0.25) is 0 Å².